The largest absolute Gasteiger partial charge is 0.444 e. The molecule has 2 rings (SSSR count). The van der Waals surface area contributed by atoms with Crippen molar-refractivity contribution in [1.29, 1.82) is 0 Å². The quantitative estimate of drug-likeness (QED) is 0.830. The van der Waals surface area contributed by atoms with Gasteiger partial charge in [0, 0.05) is 23.6 Å². The van der Waals surface area contributed by atoms with Crippen LogP contribution in [0.1, 0.15) is 27.2 Å². The van der Waals surface area contributed by atoms with Crippen molar-refractivity contribution in [1.82, 2.24) is 14.9 Å². The maximum absolute atomic E-state index is 13.3. The number of aryl methyl sites for hydroxylation is 1. The second-order valence-corrected chi connectivity index (χ2v) is 6.83. The highest BCUT2D eigenvalue weighted by Crippen LogP contribution is 2.24. The van der Waals surface area contributed by atoms with Crippen LogP contribution in [0, 0.1) is 5.82 Å². The lowest BCUT2D eigenvalue weighted by Crippen LogP contribution is -2.33. The standard InChI is InChI=1S/C15H19BrFN3O2/c1-15(2,3)22-14(21)18-5-4-6-20-9-19-12-8-10(17)7-11(16)13(12)20/h7-9H,4-6H2,1-3H3,(H,18,21). The highest BCUT2D eigenvalue weighted by atomic mass is 79.9. The summed E-state index contributed by atoms with van der Waals surface area (Å²) in [5.41, 5.74) is 0.949. The van der Waals surface area contributed by atoms with Crippen LogP contribution in [0.3, 0.4) is 0 Å². The normalized spacial score (nSPS) is 11.7. The Hall–Kier alpha value is -1.63. The van der Waals surface area contributed by atoms with Gasteiger partial charge in [-0.15, -0.1) is 0 Å². The van der Waals surface area contributed by atoms with Crippen LogP contribution >= 0.6 is 15.9 Å². The van der Waals surface area contributed by atoms with Crippen molar-refractivity contribution in [3.63, 3.8) is 0 Å². The molecule has 22 heavy (non-hydrogen) atoms. The number of fused-ring (bicyclic) bond motifs is 1. The minimum absolute atomic E-state index is 0.323. The smallest absolute Gasteiger partial charge is 0.407 e. The molecular weight excluding hydrogens is 353 g/mol. The van der Waals surface area contributed by atoms with Gasteiger partial charge in [0.2, 0.25) is 0 Å². The van der Waals surface area contributed by atoms with E-state index >= 15 is 0 Å². The molecule has 0 unspecified atom stereocenters. The molecule has 0 saturated heterocycles. The van der Waals surface area contributed by atoms with E-state index in [-0.39, 0.29) is 5.82 Å². The van der Waals surface area contributed by atoms with E-state index in [1.807, 2.05) is 25.3 Å². The molecule has 1 aromatic heterocycles. The highest BCUT2D eigenvalue weighted by molar-refractivity contribution is 9.10. The number of aromatic nitrogens is 2. The molecule has 5 nitrogen and oxygen atoms in total. The van der Waals surface area contributed by atoms with Gasteiger partial charge >= 0.3 is 6.09 Å². The molecule has 0 fully saturated rings. The summed E-state index contributed by atoms with van der Waals surface area (Å²) in [7, 11) is 0. The van der Waals surface area contributed by atoms with E-state index < -0.39 is 11.7 Å². The number of ether oxygens (including phenoxy) is 1. The molecule has 0 aliphatic rings. The Bertz CT molecular complexity index is 679. The minimum Gasteiger partial charge on any atom is -0.444 e. The molecule has 0 saturated carbocycles. The zero-order valence-corrected chi connectivity index (χ0v) is 14.4. The molecule has 7 heteroatoms. The van der Waals surface area contributed by atoms with E-state index in [1.54, 1.807) is 6.33 Å². The van der Waals surface area contributed by atoms with Crippen LogP contribution in [0.2, 0.25) is 0 Å². The number of amides is 1. The lowest BCUT2D eigenvalue weighted by Gasteiger charge is -2.19. The average molecular weight is 372 g/mol. The third-order valence-electron chi connectivity index (χ3n) is 2.88. The van der Waals surface area contributed by atoms with Gasteiger partial charge in [0.05, 0.1) is 17.4 Å². The predicted molar refractivity (Wildman–Crippen MR) is 86.2 cm³/mol. The van der Waals surface area contributed by atoms with Gasteiger partial charge < -0.3 is 14.6 Å². The molecule has 0 radical (unpaired) electrons. The summed E-state index contributed by atoms with van der Waals surface area (Å²) in [5.74, 6) is -0.323. The first-order chi connectivity index (χ1) is 10.3. The average Bonchev–Trinajstić information content (AvgIpc) is 2.75. The second-order valence-electron chi connectivity index (χ2n) is 5.98. The van der Waals surface area contributed by atoms with Crippen LogP contribution in [0.5, 0.6) is 0 Å². The number of alkyl carbamates (subject to hydrolysis) is 1. The maximum Gasteiger partial charge on any atom is 0.407 e. The van der Waals surface area contributed by atoms with E-state index in [0.29, 0.717) is 29.5 Å². The Morgan fingerprint density at radius 2 is 2.18 bits per heavy atom. The van der Waals surface area contributed by atoms with Gasteiger partial charge in [-0.05, 0) is 49.2 Å². The van der Waals surface area contributed by atoms with Crippen molar-refractivity contribution in [3.05, 3.63) is 28.7 Å². The van der Waals surface area contributed by atoms with Gasteiger partial charge in [-0.2, -0.15) is 0 Å². The Balaban J connectivity index is 1.89. The molecule has 120 valence electrons. The summed E-state index contributed by atoms with van der Waals surface area (Å²) in [6.45, 7) is 6.62. The lowest BCUT2D eigenvalue weighted by atomic mass is 10.2. The summed E-state index contributed by atoms with van der Waals surface area (Å²) in [6.07, 6.45) is 1.96. The molecule has 1 heterocycles. The number of carbonyl (C=O) groups is 1. The number of rotatable bonds is 4. The summed E-state index contributed by atoms with van der Waals surface area (Å²) >= 11 is 3.35. The van der Waals surface area contributed by atoms with Crippen molar-refractivity contribution in [2.24, 2.45) is 0 Å². The topological polar surface area (TPSA) is 56.1 Å². The van der Waals surface area contributed by atoms with Crippen molar-refractivity contribution in [3.8, 4) is 0 Å². The zero-order chi connectivity index (χ0) is 16.3. The van der Waals surface area contributed by atoms with Crippen molar-refractivity contribution in [2.75, 3.05) is 6.54 Å². The summed E-state index contributed by atoms with van der Waals surface area (Å²) in [5, 5.41) is 2.71. The van der Waals surface area contributed by atoms with E-state index in [1.165, 1.54) is 12.1 Å². The van der Waals surface area contributed by atoms with E-state index in [0.717, 1.165) is 5.52 Å². The first kappa shape index (κ1) is 16.7. The molecule has 1 aromatic carbocycles. The highest BCUT2D eigenvalue weighted by Gasteiger charge is 2.15. The van der Waals surface area contributed by atoms with Crippen molar-refractivity contribution in [2.45, 2.75) is 39.3 Å². The van der Waals surface area contributed by atoms with Crippen LogP contribution in [0.15, 0.2) is 22.9 Å². The molecule has 1 N–H and O–H groups in total. The van der Waals surface area contributed by atoms with E-state index in [2.05, 4.69) is 26.2 Å². The molecule has 0 spiro atoms. The van der Waals surface area contributed by atoms with Gasteiger partial charge in [0.25, 0.3) is 0 Å². The molecule has 0 aliphatic carbocycles. The second kappa shape index (κ2) is 6.64. The number of halogens is 2. The third-order valence-corrected chi connectivity index (χ3v) is 3.48. The molecular formula is C15H19BrFN3O2. The lowest BCUT2D eigenvalue weighted by molar-refractivity contribution is 0.0527. The monoisotopic (exact) mass is 371 g/mol. The summed E-state index contributed by atoms with van der Waals surface area (Å²) in [4.78, 5) is 15.7. The number of imidazole rings is 1. The number of nitrogens with zero attached hydrogens (tertiary/aromatic N) is 2. The predicted octanol–water partition coefficient (Wildman–Crippen LogP) is 3.85. The summed E-state index contributed by atoms with van der Waals surface area (Å²) in [6, 6.07) is 2.81. The maximum atomic E-state index is 13.3. The molecule has 0 atom stereocenters. The Morgan fingerprint density at radius 1 is 1.45 bits per heavy atom. The van der Waals surface area contributed by atoms with Gasteiger partial charge in [-0.25, -0.2) is 14.2 Å². The Morgan fingerprint density at radius 3 is 2.86 bits per heavy atom. The summed E-state index contributed by atoms with van der Waals surface area (Å²) < 4.78 is 21.0. The fraction of sp³-hybridized carbons (Fsp3) is 0.467. The SMILES string of the molecule is CC(C)(C)OC(=O)NCCCn1cnc2cc(F)cc(Br)c21. The Labute approximate surface area is 137 Å². The van der Waals surface area contributed by atoms with Crippen LogP contribution in [-0.2, 0) is 11.3 Å². The van der Waals surface area contributed by atoms with Crippen molar-refractivity contribution < 1.29 is 13.9 Å². The number of hydrogen-bond donors (Lipinski definition) is 1. The van der Waals surface area contributed by atoms with E-state index in [4.69, 9.17) is 4.74 Å². The van der Waals surface area contributed by atoms with Gasteiger partial charge in [-0.3, -0.25) is 0 Å². The van der Waals surface area contributed by atoms with Gasteiger partial charge in [-0.1, -0.05) is 0 Å². The molecule has 2 aromatic rings. The number of benzene rings is 1. The van der Waals surface area contributed by atoms with Crippen LogP contribution in [0.4, 0.5) is 9.18 Å². The number of hydrogen-bond acceptors (Lipinski definition) is 3. The fourth-order valence-corrected chi connectivity index (χ4v) is 2.70. The zero-order valence-electron chi connectivity index (χ0n) is 12.8. The fourth-order valence-electron chi connectivity index (χ4n) is 2.05. The third kappa shape index (κ3) is 4.43. The molecule has 0 bridgehead atoms. The van der Waals surface area contributed by atoms with E-state index in [9.17, 15) is 9.18 Å². The molecule has 1 amide bonds. The van der Waals surface area contributed by atoms with Gasteiger partial charge in [0.1, 0.15) is 11.4 Å². The first-order valence-electron chi connectivity index (χ1n) is 7.03. The van der Waals surface area contributed by atoms with Crippen LogP contribution in [0.25, 0.3) is 11.0 Å². The minimum atomic E-state index is -0.500. The molecule has 0 aliphatic heterocycles. The Kier molecular flexibility index (Phi) is 5.05. The van der Waals surface area contributed by atoms with Gasteiger partial charge in [0.15, 0.2) is 0 Å². The number of carbonyl (C=O) groups excluding carboxylic acids is 1. The first-order valence-corrected chi connectivity index (χ1v) is 7.82. The van der Waals surface area contributed by atoms with Crippen molar-refractivity contribution >= 4 is 33.1 Å². The van der Waals surface area contributed by atoms with Crippen LogP contribution in [-0.4, -0.2) is 27.8 Å². The number of nitrogens with one attached hydrogen (secondary N) is 1. The van der Waals surface area contributed by atoms with Crippen LogP contribution < -0.4 is 5.32 Å².